The Kier molecular flexibility index (Phi) is 6.06. The molecule has 2 aromatic rings. The van der Waals surface area contributed by atoms with Gasteiger partial charge in [0.1, 0.15) is 5.56 Å². The van der Waals surface area contributed by atoms with Gasteiger partial charge in [-0.25, -0.2) is 0 Å². The number of benzene rings is 2. The number of nitro benzene ring substituents is 2. The van der Waals surface area contributed by atoms with E-state index in [0.717, 1.165) is 12.1 Å². The molecule has 12 heteroatoms. The molecule has 2 rings (SSSR count). The molecule has 2 aromatic carbocycles. The van der Waals surface area contributed by atoms with E-state index in [9.17, 15) is 29.8 Å². The van der Waals surface area contributed by atoms with Gasteiger partial charge in [0.05, 0.1) is 9.85 Å². The largest absolute Gasteiger partial charge is 0.297 e. The first kappa shape index (κ1) is 19.4. The fraction of sp³-hybridized carbons (Fsp3) is 0. The van der Waals surface area contributed by atoms with Crippen LogP contribution in [-0.4, -0.2) is 26.8 Å². The van der Waals surface area contributed by atoms with Crippen LogP contribution >= 0.6 is 12.2 Å². The monoisotopic (exact) mass is 389 g/mol. The third-order valence-electron chi connectivity index (χ3n) is 3.18. The summed E-state index contributed by atoms with van der Waals surface area (Å²) in [5, 5.41) is 23.5. The number of thiocarbonyl (C=S) groups is 1. The Morgan fingerprint density at radius 3 is 2.26 bits per heavy atom. The maximum Gasteiger partial charge on any atom is 0.282 e. The number of carbonyl (C=O) groups is 2. The second-order valence-electron chi connectivity index (χ2n) is 4.94. The standard InChI is InChI=1S/C15H11N5O6S/c21-13(9-4-3-5-10(8-9)19(23)24)17-18-15(27)16-14(22)11-6-1-2-7-12(11)20(25)26/h1-8H,(H,17,21)(H2,16,18,22,27). The first-order valence-electron chi connectivity index (χ1n) is 7.19. The summed E-state index contributed by atoms with van der Waals surface area (Å²) in [7, 11) is 0. The number of nitrogens with zero attached hydrogens (tertiary/aromatic N) is 2. The minimum atomic E-state index is -0.843. The number of carbonyl (C=O) groups excluding carboxylic acids is 2. The van der Waals surface area contributed by atoms with Crippen LogP contribution in [0.1, 0.15) is 20.7 Å². The van der Waals surface area contributed by atoms with E-state index < -0.39 is 27.3 Å². The van der Waals surface area contributed by atoms with Gasteiger partial charge >= 0.3 is 0 Å². The van der Waals surface area contributed by atoms with Crippen molar-refractivity contribution in [2.24, 2.45) is 0 Å². The topological polar surface area (TPSA) is 157 Å². The molecule has 3 N–H and O–H groups in total. The maximum absolute atomic E-state index is 12.1. The lowest BCUT2D eigenvalue weighted by molar-refractivity contribution is -0.385. The van der Waals surface area contributed by atoms with E-state index in [1.807, 2.05) is 0 Å². The lowest BCUT2D eigenvalue weighted by Crippen LogP contribution is -2.48. The fourth-order valence-corrected chi connectivity index (χ4v) is 2.12. The van der Waals surface area contributed by atoms with Crippen LogP contribution < -0.4 is 16.2 Å². The summed E-state index contributed by atoms with van der Waals surface area (Å²) in [5.41, 5.74) is 3.50. The van der Waals surface area contributed by atoms with Crippen LogP contribution in [0.4, 0.5) is 11.4 Å². The minimum Gasteiger partial charge on any atom is -0.297 e. The van der Waals surface area contributed by atoms with Gasteiger partial charge in [-0.05, 0) is 24.4 Å². The zero-order valence-electron chi connectivity index (χ0n) is 13.4. The molecule has 0 bridgehead atoms. The Labute approximate surface area is 156 Å². The molecule has 0 radical (unpaired) electrons. The number of non-ortho nitro benzene ring substituents is 1. The molecule has 0 unspecified atom stereocenters. The second kappa shape index (κ2) is 8.44. The van der Waals surface area contributed by atoms with E-state index in [4.69, 9.17) is 12.2 Å². The number of hydrogen-bond acceptors (Lipinski definition) is 7. The third kappa shape index (κ3) is 5.02. The van der Waals surface area contributed by atoms with Gasteiger partial charge in [-0.3, -0.25) is 46.0 Å². The Bertz CT molecular complexity index is 948. The van der Waals surface area contributed by atoms with Crippen LogP contribution in [0.3, 0.4) is 0 Å². The molecular formula is C15H11N5O6S. The molecule has 0 aliphatic heterocycles. The molecule has 11 nitrogen and oxygen atoms in total. The van der Waals surface area contributed by atoms with E-state index in [1.165, 1.54) is 36.4 Å². The molecule has 2 amide bonds. The third-order valence-corrected chi connectivity index (χ3v) is 3.39. The minimum absolute atomic E-state index is 0.00970. The first-order valence-corrected chi connectivity index (χ1v) is 7.60. The number of nitrogens with one attached hydrogen (secondary N) is 3. The van der Waals surface area contributed by atoms with Crippen molar-refractivity contribution in [3.8, 4) is 0 Å². The van der Waals surface area contributed by atoms with Gasteiger partial charge < -0.3 is 0 Å². The van der Waals surface area contributed by atoms with Crippen molar-refractivity contribution in [3.05, 3.63) is 79.9 Å². The summed E-state index contributed by atoms with van der Waals surface area (Å²) in [4.78, 5) is 44.3. The van der Waals surface area contributed by atoms with Gasteiger partial charge in [-0.15, -0.1) is 0 Å². The number of nitro groups is 2. The molecule has 0 saturated heterocycles. The summed E-state index contributed by atoms with van der Waals surface area (Å²) in [6, 6.07) is 10.2. The zero-order chi connectivity index (χ0) is 20.0. The van der Waals surface area contributed by atoms with Gasteiger partial charge in [0, 0.05) is 23.8 Å². The van der Waals surface area contributed by atoms with E-state index >= 15 is 0 Å². The normalized spacial score (nSPS) is 9.78. The van der Waals surface area contributed by atoms with Crippen LogP contribution in [0.15, 0.2) is 48.5 Å². The Morgan fingerprint density at radius 1 is 0.889 bits per heavy atom. The molecule has 0 spiro atoms. The average molecular weight is 389 g/mol. The molecule has 0 aromatic heterocycles. The smallest absolute Gasteiger partial charge is 0.282 e. The highest BCUT2D eigenvalue weighted by Gasteiger charge is 2.20. The quantitative estimate of drug-likeness (QED) is 0.403. The number of hydrazine groups is 1. The Morgan fingerprint density at radius 2 is 1.59 bits per heavy atom. The highest BCUT2D eigenvalue weighted by molar-refractivity contribution is 7.80. The number of hydrogen-bond donors (Lipinski definition) is 3. The molecule has 27 heavy (non-hydrogen) atoms. The highest BCUT2D eigenvalue weighted by Crippen LogP contribution is 2.17. The van der Waals surface area contributed by atoms with Crippen LogP contribution in [0.25, 0.3) is 0 Å². The SMILES string of the molecule is O=C(NNC(=S)NC(=O)c1ccccc1[N+](=O)[O-])c1cccc([N+](=O)[O-])c1. The number of amides is 2. The molecular weight excluding hydrogens is 378 g/mol. The Hall–Kier alpha value is -3.93. The van der Waals surface area contributed by atoms with E-state index in [2.05, 4.69) is 16.2 Å². The fourth-order valence-electron chi connectivity index (χ4n) is 1.97. The van der Waals surface area contributed by atoms with Crippen molar-refractivity contribution in [2.45, 2.75) is 0 Å². The van der Waals surface area contributed by atoms with Gasteiger partial charge in [0.2, 0.25) is 0 Å². The summed E-state index contributed by atoms with van der Waals surface area (Å²) < 4.78 is 0. The predicted octanol–water partition coefficient (Wildman–Crippen LogP) is 1.45. The van der Waals surface area contributed by atoms with E-state index in [-0.39, 0.29) is 21.9 Å². The van der Waals surface area contributed by atoms with Gasteiger partial charge in [-0.1, -0.05) is 18.2 Å². The number of para-hydroxylation sites is 1. The Balaban J connectivity index is 1.97. The van der Waals surface area contributed by atoms with Crippen LogP contribution in [0.5, 0.6) is 0 Å². The zero-order valence-corrected chi connectivity index (χ0v) is 14.2. The molecule has 0 aliphatic rings. The van der Waals surface area contributed by atoms with Crippen molar-refractivity contribution in [2.75, 3.05) is 0 Å². The van der Waals surface area contributed by atoms with Gasteiger partial charge in [0.25, 0.3) is 23.2 Å². The van der Waals surface area contributed by atoms with Crippen LogP contribution in [-0.2, 0) is 0 Å². The van der Waals surface area contributed by atoms with Crippen molar-refractivity contribution < 1.29 is 19.4 Å². The molecule has 0 fully saturated rings. The van der Waals surface area contributed by atoms with Crippen molar-refractivity contribution in [1.29, 1.82) is 0 Å². The second-order valence-corrected chi connectivity index (χ2v) is 5.35. The molecule has 0 saturated carbocycles. The molecule has 138 valence electrons. The van der Waals surface area contributed by atoms with Crippen molar-refractivity contribution in [1.82, 2.24) is 16.2 Å². The molecule has 0 atom stereocenters. The van der Waals surface area contributed by atoms with Crippen LogP contribution in [0.2, 0.25) is 0 Å². The average Bonchev–Trinajstić information content (AvgIpc) is 2.66. The first-order chi connectivity index (χ1) is 12.8. The van der Waals surface area contributed by atoms with Crippen molar-refractivity contribution >= 4 is 40.5 Å². The molecule has 0 heterocycles. The lowest BCUT2D eigenvalue weighted by atomic mass is 10.1. The predicted molar refractivity (Wildman–Crippen MR) is 96.9 cm³/mol. The van der Waals surface area contributed by atoms with E-state index in [0.29, 0.717) is 0 Å². The summed E-state index contributed by atoms with van der Waals surface area (Å²) in [5.74, 6) is -1.58. The van der Waals surface area contributed by atoms with Crippen molar-refractivity contribution in [3.63, 3.8) is 0 Å². The molecule has 0 aliphatic carbocycles. The van der Waals surface area contributed by atoms with Gasteiger partial charge in [-0.2, -0.15) is 0 Å². The lowest BCUT2D eigenvalue weighted by Gasteiger charge is -2.11. The van der Waals surface area contributed by atoms with Gasteiger partial charge in [0.15, 0.2) is 5.11 Å². The highest BCUT2D eigenvalue weighted by atomic mass is 32.1. The summed E-state index contributed by atoms with van der Waals surface area (Å²) >= 11 is 4.84. The maximum atomic E-state index is 12.1. The van der Waals surface area contributed by atoms with E-state index in [1.54, 1.807) is 0 Å². The summed E-state index contributed by atoms with van der Waals surface area (Å²) in [6.07, 6.45) is 0. The summed E-state index contributed by atoms with van der Waals surface area (Å²) in [6.45, 7) is 0. The number of rotatable bonds is 4. The van der Waals surface area contributed by atoms with Crippen LogP contribution in [0, 0.1) is 20.2 Å².